The van der Waals surface area contributed by atoms with Crippen LogP contribution in [-0.2, 0) is 10.3 Å². The monoisotopic (exact) mass is 348 g/mol. The van der Waals surface area contributed by atoms with Crippen LogP contribution in [0.1, 0.15) is 12.7 Å². The number of hydrogen-bond donors (Lipinski definition) is 2. The van der Waals surface area contributed by atoms with E-state index in [1.807, 2.05) is 0 Å². The zero-order valence-electron chi connectivity index (χ0n) is 13.4. The van der Waals surface area contributed by atoms with Crippen LogP contribution in [0.2, 0.25) is 0 Å². The van der Waals surface area contributed by atoms with Crippen LogP contribution in [0.15, 0.2) is 47.1 Å². The molecular formula is C17H17FN2O5. The van der Waals surface area contributed by atoms with E-state index < -0.39 is 29.4 Å². The van der Waals surface area contributed by atoms with Crippen molar-refractivity contribution in [2.45, 2.75) is 18.6 Å². The Morgan fingerprint density at radius 1 is 1.32 bits per heavy atom. The van der Waals surface area contributed by atoms with Gasteiger partial charge in [-0.3, -0.25) is 9.69 Å². The van der Waals surface area contributed by atoms with Gasteiger partial charge >= 0.3 is 6.03 Å². The summed E-state index contributed by atoms with van der Waals surface area (Å²) in [5.41, 5.74) is -1.33. The van der Waals surface area contributed by atoms with Crippen LogP contribution >= 0.6 is 0 Å². The van der Waals surface area contributed by atoms with Gasteiger partial charge in [-0.2, -0.15) is 0 Å². The maximum Gasteiger partial charge on any atom is 0.325 e. The van der Waals surface area contributed by atoms with E-state index in [-0.39, 0.29) is 18.9 Å². The minimum atomic E-state index is -1.33. The van der Waals surface area contributed by atoms with Gasteiger partial charge in [0.05, 0.1) is 12.8 Å². The van der Waals surface area contributed by atoms with Gasteiger partial charge in [0.25, 0.3) is 5.91 Å². The number of carbonyl (C=O) groups is 2. The van der Waals surface area contributed by atoms with Crippen molar-refractivity contribution >= 4 is 11.9 Å². The van der Waals surface area contributed by atoms with Gasteiger partial charge in [-0.25, -0.2) is 9.18 Å². The summed E-state index contributed by atoms with van der Waals surface area (Å²) in [5, 5.41) is 12.6. The van der Waals surface area contributed by atoms with Crippen molar-refractivity contribution in [3.8, 4) is 5.75 Å². The Balaban J connectivity index is 1.63. The standard InChI is InChI=1S/C17H17FN2O5/c1-17(14-7-4-8-24-14)15(22)20(16(23)19-17)9-11(21)10-25-13-6-3-2-5-12(13)18/h2-8,11,21H,9-10H2,1H3,(H,19,23)/t11-,17+/m0/s1. The van der Waals surface area contributed by atoms with Crippen molar-refractivity contribution in [1.29, 1.82) is 0 Å². The maximum absolute atomic E-state index is 13.5. The summed E-state index contributed by atoms with van der Waals surface area (Å²) in [5.74, 6) is -0.822. The number of benzene rings is 1. The predicted molar refractivity (Wildman–Crippen MR) is 84.2 cm³/mol. The smallest absolute Gasteiger partial charge is 0.325 e. The molecule has 3 rings (SSSR count). The van der Waals surface area contributed by atoms with Crippen LogP contribution in [0, 0.1) is 5.82 Å². The molecule has 0 spiro atoms. The topological polar surface area (TPSA) is 92.0 Å². The molecule has 0 aliphatic carbocycles. The number of furan rings is 1. The predicted octanol–water partition coefficient (Wildman–Crippen LogP) is 1.63. The highest BCUT2D eigenvalue weighted by Gasteiger charge is 2.51. The van der Waals surface area contributed by atoms with Gasteiger partial charge in [0.1, 0.15) is 18.5 Å². The minimum absolute atomic E-state index is 0.0147. The van der Waals surface area contributed by atoms with Crippen molar-refractivity contribution in [3.05, 3.63) is 54.2 Å². The third kappa shape index (κ3) is 3.20. The van der Waals surface area contributed by atoms with Crippen LogP contribution in [-0.4, -0.2) is 41.2 Å². The molecule has 0 radical (unpaired) electrons. The first-order valence-corrected chi connectivity index (χ1v) is 7.65. The lowest BCUT2D eigenvalue weighted by atomic mass is 9.99. The molecule has 1 aromatic heterocycles. The number of β-amino-alcohol motifs (C(OH)–C–C–N with tert-alkyl or cyclic N) is 1. The highest BCUT2D eigenvalue weighted by Crippen LogP contribution is 2.29. The number of nitrogens with one attached hydrogen (secondary N) is 1. The molecular weight excluding hydrogens is 331 g/mol. The Kier molecular flexibility index (Phi) is 4.45. The average Bonchev–Trinajstić information content (AvgIpc) is 3.19. The molecule has 1 saturated heterocycles. The first-order valence-electron chi connectivity index (χ1n) is 7.65. The fourth-order valence-electron chi connectivity index (χ4n) is 2.60. The van der Waals surface area contributed by atoms with E-state index in [1.165, 1.54) is 31.4 Å². The molecule has 8 heteroatoms. The minimum Gasteiger partial charge on any atom is -0.488 e. The van der Waals surface area contributed by atoms with E-state index in [0.717, 1.165) is 4.90 Å². The van der Waals surface area contributed by atoms with E-state index in [4.69, 9.17) is 9.15 Å². The second kappa shape index (κ2) is 6.56. The van der Waals surface area contributed by atoms with Crippen molar-refractivity contribution in [2.75, 3.05) is 13.2 Å². The average molecular weight is 348 g/mol. The summed E-state index contributed by atoms with van der Waals surface area (Å²) >= 11 is 0. The molecule has 1 aromatic carbocycles. The van der Waals surface area contributed by atoms with Crippen LogP contribution in [0.5, 0.6) is 5.75 Å². The van der Waals surface area contributed by atoms with Gasteiger partial charge in [0, 0.05) is 0 Å². The van der Waals surface area contributed by atoms with Crippen LogP contribution < -0.4 is 10.1 Å². The number of rotatable bonds is 6. The largest absolute Gasteiger partial charge is 0.488 e. The van der Waals surface area contributed by atoms with E-state index in [9.17, 15) is 19.1 Å². The van der Waals surface area contributed by atoms with Gasteiger partial charge in [-0.05, 0) is 31.2 Å². The Morgan fingerprint density at radius 2 is 2.08 bits per heavy atom. The van der Waals surface area contributed by atoms with Gasteiger partial charge in [0.2, 0.25) is 0 Å². The van der Waals surface area contributed by atoms with E-state index >= 15 is 0 Å². The highest BCUT2D eigenvalue weighted by molar-refractivity contribution is 6.06. The number of nitrogens with zero attached hydrogens (tertiary/aromatic N) is 1. The second-order valence-electron chi connectivity index (χ2n) is 5.84. The molecule has 7 nitrogen and oxygen atoms in total. The number of carbonyl (C=O) groups excluding carboxylic acids is 2. The Labute approximate surface area is 143 Å². The number of aliphatic hydroxyl groups is 1. The molecule has 1 aliphatic heterocycles. The van der Waals surface area contributed by atoms with Crippen LogP contribution in [0.3, 0.4) is 0 Å². The van der Waals surface area contributed by atoms with E-state index in [1.54, 1.807) is 18.2 Å². The molecule has 1 aliphatic rings. The fraction of sp³-hybridized carbons (Fsp3) is 0.294. The molecule has 25 heavy (non-hydrogen) atoms. The summed E-state index contributed by atoms with van der Waals surface area (Å²) in [6, 6.07) is 8.31. The summed E-state index contributed by atoms with van der Waals surface area (Å²) in [7, 11) is 0. The van der Waals surface area contributed by atoms with Gasteiger partial charge in [-0.15, -0.1) is 0 Å². The van der Waals surface area contributed by atoms with Gasteiger partial charge in [-0.1, -0.05) is 12.1 Å². The molecule has 0 unspecified atom stereocenters. The first kappa shape index (κ1) is 17.0. The van der Waals surface area contributed by atoms with E-state index in [2.05, 4.69) is 5.32 Å². The maximum atomic E-state index is 13.5. The van der Waals surface area contributed by atoms with Crippen molar-refractivity contribution in [2.24, 2.45) is 0 Å². The number of ether oxygens (including phenoxy) is 1. The lowest BCUT2D eigenvalue weighted by Crippen LogP contribution is -2.42. The first-order chi connectivity index (χ1) is 11.9. The molecule has 2 N–H and O–H groups in total. The van der Waals surface area contributed by atoms with Gasteiger partial charge < -0.3 is 19.6 Å². The van der Waals surface area contributed by atoms with Gasteiger partial charge in [0.15, 0.2) is 17.1 Å². The Hall–Kier alpha value is -2.87. The molecule has 0 bridgehead atoms. The molecule has 2 atom stereocenters. The second-order valence-corrected chi connectivity index (χ2v) is 5.84. The lowest BCUT2D eigenvalue weighted by Gasteiger charge is -2.20. The fourth-order valence-corrected chi connectivity index (χ4v) is 2.60. The van der Waals surface area contributed by atoms with Crippen LogP contribution in [0.25, 0.3) is 0 Å². The number of halogens is 1. The summed E-state index contributed by atoms with van der Waals surface area (Å²) in [4.78, 5) is 25.6. The number of hydrogen-bond acceptors (Lipinski definition) is 5. The number of urea groups is 1. The zero-order valence-corrected chi connectivity index (χ0v) is 13.4. The lowest BCUT2D eigenvalue weighted by molar-refractivity contribution is -0.132. The number of para-hydroxylation sites is 1. The number of imide groups is 1. The van der Waals surface area contributed by atoms with Crippen molar-refractivity contribution < 1.29 is 28.2 Å². The quantitative estimate of drug-likeness (QED) is 0.774. The molecule has 2 heterocycles. The Bertz CT molecular complexity index is 779. The van der Waals surface area contributed by atoms with Crippen molar-refractivity contribution in [1.82, 2.24) is 10.2 Å². The molecule has 132 valence electrons. The van der Waals surface area contributed by atoms with Crippen molar-refractivity contribution in [3.63, 3.8) is 0 Å². The SMILES string of the molecule is C[C@]1(c2ccco2)NC(=O)N(C[C@H](O)COc2ccccc2F)C1=O. The summed E-state index contributed by atoms with van der Waals surface area (Å²) in [6.45, 7) is 0.971. The van der Waals surface area contributed by atoms with E-state index in [0.29, 0.717) is 5.76 Å². The van der Waals surface area contributed by atoms with Crippen LogP contribution in [0.4, 0.5) is 9.18 Å². The number of amides is 3. The molecule has 3 amide bonds. The summed E-state index contributed by atoms with van der Waals surface area (Å²) < 4.78 is 23.9. The molecule has 0 saturated carbocycles. The highest BCUT2D eigenvalue weighted by atomic mass is 19.1. The number of aliphatic hydroxyl groups excluding tert-OH is 1. The Morgan fingerprint density at radius 3 is 2.76 bits per heavy atom. The summed E-state index contributed by atoms with van der Waals surface area (Å²) in [6.07, 6.45) is 0.230. The molecule has 1 fully saturated rings. The normalized spacial score (nSPS) is 21.3. The third-order valence-electron chi connectivity index (χ3n) is 3.95. The third-order valence-corrected chi connectivity index (χ3v) is 3.95. The molecule has 2 aromatic rings. The zero-order chi connectivity index (χ0) is 18.0.